The fourth-order valence-electron chi connectivity index (χ4n) is 3.66. The Morgan fingerprint density at radius 3 is 2.75 bits per heavy atom. The first-order chi connectivity index (χ1) is 9.68. The van der Waals surface area contributed by atoms with Gasteiger partial charge in [-0.05, 0) is 48.9 Å². The molecule has 1 aliphatic carbocycles. The molecule has 0 bridgehead atoms. The normalized spacial score (nSPS) is 19.6. The van der Waals surface area contributed by atoms with E-state index in [4.69, 9.17) is 21.9 Å². The second-order valence-corrected chi connectivity index (χ2v) is 6.29. The number of furan rings is 1. The maximum Gasteiger partial charge on any atom is 0.134 e. The monoisotopic (exact) mass is 292 g/mol. The SMILES string of the molecule is CCC1(C(NN)c2cc3cc(Cl)ccc3o2)CCCC1. The topological polar surface area (TPSA) is 51.2 Å². The molecule has 3 nitrogen and oxygen atoms in total. The minimum absolute atomic E-state index is 0.0705. The number of benzene rings is 1. The third-order valence-electron chi connectivity index (χ3n) is 4.86. The Morgan fingerprint density at radius 1 is 1.35 bits per heavy atom. The van der Waals surface area contributed by atoms with E-state index in [0.717, 1.165) is 28.2 Å². The van der Waals surface area contributed by atoms with E-state index in [1.807, 2.05) is 18.2 Å². The summed E-state index contributed by atoms with van der Waals surface area (Å²) in [5.74, 6) is 6.79. The Kier molecular flexibility index (Phi) is 3.76. The summed E-state index contributed by atoms with van der Waals surface area (Å²) in [4.78, 5) is 0. The first-order valence-electron chi connectivity index (χ1n) is 7.34. The Hall–Kier alpha value is -1.03. The molecule has 1 saturated carbocycles. The predicted molar refractivity (Wildman–Crippen MR) is 82.5 cm³/mol. The van der Waals surface area contributed by atoms with E-state index in [0.29, 0.717) is 0 Å². The van der Waals surface area contributed by atoms with Crippen LogP contribution in [0.3, 0.4) is 0 Å². The predicted octanol–water partition coefficient (Wildman–Crippen LogP) is 4.56. The summed E-state index contributed by atoms with van der Waals surface area (Å²) in [6.45, 7) is 2.25. The second-order valence-electron chi connectivity index (χ2n) is 5.85. The van der Waals surface area contributed by atoms with Crippen LogP contribution in [-0.2, 0) is 0 Å². The number of hydrazine groups is 1. The van der Waals surface area contributed by atoms with Crippen LogP contribution in [0, 0.1) is 5.41 Å². The molecule has 0 spiro atoms. The third-order valence-corrected chi connectivity index (χ3v) is 5.10. The highest BCUT2D eigenvalue weighted by Crippen LogP contribution is 2.50. The van der Waals surface area contributed by atoms with Crippen molar-refractivity contribution >= 4 is 22.6 Å². The molecule has 20 heavy (non-hydrogen) atoms. The van der Waals surface area contributed by atoms with Gasteiger partial charge in [-0.25, -0.2) is 5.43 Å². The quantitative estimate of drug-likeness (QED) is 0.641. The molecule has 1 unspecified atom stereocenters. The molecule has 0 saturated heterocycles. The van der Waals surface area contributed by atoms with E-state index < -0.39 is 0 Å². The fraction of sp³-hybridized carbons (Fsp3) is 0.500. The molecule has 1 heterocycles. The smallest absolute Gasteiger partial charge is 0.134 e. The van der Waals surface area contributed by atoms with Crippen molar-refractivity contribution in [2.75, 3.05) is 0 Å². The Bertz CT molecular complexity index is 602. The van der Waals surface area contributed by atoms with Crippen LogP contribution in [0.5, 0.6) is 0 Å². The number of rotatable bonds is 4. The lowest BCUT2D eigenvalue weighted by atomic mass is 9.75. The molecular weight excluding hydrogens is 272 g/mol. The highest BCUT2D eigenvalue weighted by atomic mass is 35.5. The van der Waals surface area contributed by atoms with Crippen LogP contribution in [0.1, 0.15) is 50.8 Å². The molecule has 1 aliphatic rings. The van der Waals surface area contributed by atoms with Crippen molar-refractivity contribution in [3.05, 3.63) is 35.0 Å². The largest absolute Gasteiger partial charge is 0.459 e. The van der Waals surface area contributed by atoms with E-state index in [9.17, 15) is 0 Å². The molecule has 1 fully saturated rings. The molecule has 4 heteroatoms. The second kappa shape index (κ2) is 5.40. The lowest BCUT2D eigenvalue weighted by Gasteiger charge is -2.35. The number of hydrogen-bond donors (Lipinski definition) is 2. The molecule has 108 valence electrons. The molecule has 1 aromatic heterocycles. The van der Waals surface area contributed by atoms with Gasteiger partial charge in [0, 0.05) is 10.4 Å². The zero-order valence-electron chi connectivity index (χ0n) is 11.8. The van der Waals surface area contributed by atoms with E-state index in [-0.39, 0.29) is 11.5 Å². The van der Waals surface area contributed by atoms with Gasteiger partial charge in [0.15, 0.2) is 0 Å². The average Bonchev–Trinajstić information content (AvgIpc) is 3.06. The van der Waals surface area contributed by atoms with Crippen molar-refractivity contribution in [3.63, 3.8) is 0 Å². The van der Waals surface area contributed by atoms with Gasteiger partial charge in [-0.1, -0.05) is 31.4 Å². The van der Waals surface area contributed by atoms with Crippen LogP contribution in [0.4, 0.5) is 0 Å². The highest BCUT2D eigenvalue weighted by molar-refractivity contribution is 6.31. The van der Waals surface area contributed by atoms with Gasteiger partial charge in [-0.15, -0.1) is 0 Å². The Morgan fingerprint density at radius 2 is 2.10 bits per heavy atom. The zero-order chi connectivity index (χ0) is 14.2. The van der Waals surface area contributed by atoms with Crippen molar-refractivity contribution in [2.45, 2.75) is 45.1 Å². The highest BCUT2D eigenvalue weighted by Gasteiger charge is 2.41. The van der Waals surface area contributed by atoms with Crippen LogP contribution in [0.25, 0.3) is 11.0 Å². The molecule has 0 radical (unpaired) electrons. The van der Waals surface area contributed by atoms with Gasteiger partial charge < -0.3 is 4.42 Å². The third kappa shape index (κ3) is 2.24. The van der Waals surface area contributed by atoms with Gasteiger partial charge in [0.2, 0.25) is 0 Å². The van der Waals surface area contributed by atoms with Gasteiger partial charge in [0.25, 0.3) is 0 Å². The zero-order valence-corrected chi connectivity index (χ0v) is 12.5. The number of nitrogens with one attached hydrogen (secondary N) is 1. The molecule has 2 aromatic rings. The molecular formula is C16H21ClN2O. The van der Waals surface area contributed by atoms with Crippen molar-refractivity contribution in [1.82, 2.24) is 5.43 Å². The molecule has 0 aliphatic heterocycles. The van der Waals surface area contributed by atoms with E-state index in [2.05, 4.69) is 18.4 Å². The molecule has 1 aromatic carbocycles. The maximum atomic E-state index is 6.04. The van der Waals surface area contributed by atoms with Crippen molar-refractivity contribution in [1.29, 1.82) is 0 Å². The minimum atomic E-state index is 0.0705. The minimum Gasteiger partial charge on any atom is -0.459 e. The number of hydrogen-bond acceptors (Lipinski definition) is 3. The van der Waals surface area contributed by atoms with E-state index >= 15 is 0 Å². The summed E-state index contributed by atoms with van der Waals surface area (Å²) < 4.78 is 6.01. The van der Waals surface area contributed by atoms with Crippen LogP contribution < -0.4 is 11.3 Å². The van der Waals surface area contributed by atoms with Crippen LogP contribution >= 0.6 is 11.6 Å². The van der Waals surface area contributed by atoms with Crippen molar-refractivity contribution in [2.24, 2.45) is 11.3 Å². The summed E-state index contributed by atoms with van der Waals surface area (Å²) in [5.41, 5.74) is 4.08. The van der Waals surface area contributed by atoms with Gasteiger partial charge in [-0.3, -0.25) is 5.84 Å². The lowest BCUT2D eigenvalue weighted by molar-refractivity contribution is 0.168. The average molecular weight is 293 g/mol. The van der Waals surface area contributed by atoms with Gasteiger partial charge in [0.1, 0.15) is 11.3 Å². The maximum absolute atomic E-state index is 6.04. The summed E-state index contributed by atoms with van der Waals surface area (Å²) in [6.07, 6.45) is 6.07. The summed E-state index contributed by atoms with van der Waals surface area (Å²) in [6, 6.07) is 7.85. The fourth-order valence-corrected chi connectivity index (χ4v) is 3.84. The van der Waals surface area contributed by atoms with Crippen LogP contribution in [-0.4, -0.2) is 0 Å². The number of nitrogens with two attached hydrogens (primary N) is 1. The number of fused-ring (bicyclic) bond motifs is 1. The summed E-state index contributed by atoms with van der Waals surface area (Å²) >= 11 is 6.04. The van der Waals surface area contributed by atoms with Gasteiger partial charge >= 0.3 is 0 Å². The van der Waals surface area contributed by atoms with Crippen LogP contribution in [0.2, 0.25) is 5.02 Å². The summed E-state index contributed by atoms with van der Waals surface area (Å²) in [5, 5.41) is 1.77. The molecule has 3 N–H and O–H groups in total. The standard InChI is InChI=1S/C16H21ClN2O/c1-2-16(7-3-4-8-16)15(19-18)14-10-11-9-12(17)5-6-13(11)20-14/h5-6,9-10,15,19H,2-4,7-8,18H2,1H3. The lowest BCUT2D eigenvalue weighted by Crippen LogP contribution is -2.39. The van der Waals surface area contributed by atoms with E-state index in [1.165, 1.54) is 25.7 Å². The molecule has 0 amide bonds. The molecule has 3 rings (SSSR count). The first-order valence-corrected chi connectivity index (χ1v) is 7.71. The van der Waals surface area contributed by atoms with Crippen molar-refractivity contribution in [3.8, 4) is 0 Å². The number of halogens is 1. The summed E-state index contributed by atoms with van der Waals surface area (Å²) in [7, 11) is 0. The van der Waals surface area contributed by atoms with Gasteiger partial charge in [0.05, 0.1) is 6.04 Å². The van der Waals surface area contributed by atoms with Crippen LogP contribution in [0.15, 0.2) is 28.7 Å². The first kappa shape index (κ1) is 13.9. The molecule has 1 atom stereocenters. The Labute approximate surface area is 124 Å². The van der Waals surface area contributed by atoms with E-state index in [1.54, 1.807) is 0 Å². The Balaban J connectivity index is 2.02. The van der Waals surface area contributed by atoms with Gasteiger partial charge in [-0.2, -0.15) is 0 Å². The van der Waals surface area contributed by atoms with Crippen molar-refractivity contribution < 1.29 is 4.42 Å².